The van der Waals surface area contributed by atoms with E-state index in [1.54, 1.807) is 6.20 Å². The van der Waals surface area contributed by atoms with E-state index in [2.05, 4.69) is 26.3 Å². The molecule has 2 aromatic heterocycles. The van der Waals surface area contributed by atoms with Crippen molar-refractivity contribution in [1.82, 2.24) is 20.3 Å². The first-order valence-corrected chi connectivity index (χ1v) is 4.95. The maximum atomic E-state index is 4.23. The number of aryl methyl sites for hydroxylation is 1. The third-order valence-electron chi connectivity index (χ3n) is 2.15. The van der Waals surface area contributed by atoms with Crippen molar-refractivity contribution in [1.29, 1.82) is 0 Å². The molecular formula is C11H14N4. The van der Waals surface area contributed by atoms with Gasteiger partial charge in [0.05, 0.1) is 6.54 Å². The van der Waals surface area contributed by atoms with Crippen molar-refractivity contribution in [3.8, 4) is 0 Å². The van der Waals surface area contributed by atoms with Gasteiger partial charge in [0.1, 0.15) is 5.82 Å². The second kappa shape index (κ2) is 4.70. The molecule has 0 spiro atoms. The summed E-state index contributed by atoms with van der Waals surface area (Å²) in [6.45, 7) is 3.55. The molecule has 2 heterocycles. The molecule has 4 nitrogen and oxygen atoms in total. The SMILES string of the molecule is Cc1ccc(CNCc2ncc[nH]2)cn1. The first-order valence-electron chi connectivity index (χ1n) is 4.95. The molecule has 0 aliphatic heterocycles. The lowest BCUT2D eigenvalue weighted by Crippen LogP contribution is -2.13. The van der Waals surface area contributed by atoms with E-state index in [1.807, 2.05) is 25.4 Å². The van der Waals surface area contributed by atoms with Crippen LogP contribution >= 0.6 is 0 Å². The zero-order chi connectivity index (χ0) is 10.5. The number of nitrogens with zero attached hydrogens (tertiary/aromatic N) is 2. The standard InChI is InChI=1S/C11H14N4/c1-9-2-3-10(7-15-9)6-12-8-11-13-4-5-14-11/h2-5,7,12H,6,8H2,1H3,(H,13,14). The number of pyridine rings is 1. The second-order valence-electron chi connectivity index (χ2n) is 3.45. The molecule has 0 atom stereocenters. The Balaban J connectivity index is 1.81. The smallest absolute Gasteiger partial charge is 0.120 e. The van der Waals surface area contributed by atoms with Gasteiger partial charge < -0.3 is 10.3 Å². The summed E-state index contributed by atoms with van der Waals surface area (Å²) in [5, 5.41) is 3.29. The van der Waals surface area contributed by atoms with E-state index in [-0.39, 0.29) is 0 Å². The molecule has 0 aliphatic rings. The van der Waals surface area contributed by atoms with Crippen molar-refractivity contribution in [2.75, 3.05) is 0 Å². The van der Waals surface area contributed by atoms with Crippen LogP contribution in [0.3, 0.4) is 0 Å². The Labute approximate surface area is 88.8 Å². The fraction of sp³-hybridized carbons (Fsp3) is 0.273. The zero-order valence-electron chi connectivity index (χ0n) is 8.70. The number of nitrogens with one attached hydrogen (secondary N) is 2. The van der Waals surface area contributed by atoms with Crippen molar-refractivity contribution in [2.45, 2.75) is 20.0 Å². The number of rotatable bonds is 4. The highest BCUT2D eigenvalue weighted by atomic mass is 15.0. The molecule has 2 aromatic rings. The van der Waals surface area contributed by atoms with Gasteiger partial charge in [-0.05, 0) is 18.6 Å². The predicted molar refractivity (Wildman–Crippen MR) is 58.1 cm³/mol. The second-order valence-corrected chi connectivity index (χ2v) is 3.45. The highest BCUT2D eigenvalue weighted by Crippen LogP contribution is 1.99. The summed E-state index contributed by atoms with van der Waals surface area (Å²) in [6, 6.07) is 4.10. The molecule has 0 saturated heterocycles. The summed E-state index contributed by atoms with van der Waals surface area (Å²) in [5.41, 5.74) is 2.23. The van der Waals surface area contributed by atoms with E-state index in [4.69, 9.17) is 0 Å². The van der Waals surface area contributed by atoms with E-state index in [0.717, 1.165) is 24.6 Å². The fourth-order valence-corrected chi connectivity index (χ4v) is 1.32. The number of hydrogen-bond donors (Lipinski definition) is 2. The largest absolute Gasteiger partial charge is 0.348 e. The van der Waals surface area contributed by atoms with Gasteiger partial charge in [0.2, 0.25) is 0 Å². The molecule has 0 unspecified atom stereocenters. The van der Waals surface area contributed by atoms with Crippen LogP contribution in [0.4, 0.5) is 0 Å². The number of H-pyrrole nitrogens is 1. The third-order valence-corrected chi connectivity index (χ3v) is 2.15. The maximum absolute atomic E-state index is 4.23. The van der Waals surface area contributed by atoms with Gasteiger partial charge in [-0.25, -0.2) is 4.98 Å². The summed E-state index contributed by atoms with van der Waals surface area (Å²) in [7, 11) is 0. The van der Waals surface area contributed by atoms with Gasteiger partial charge in [0.15, 0.2) is 0 Å². The van der Waals surface area contributed by atoms with E-state index >= 15 is 0 Å². The Kier molecular flexibility index (Phi) is 3.09. The summed E-state index contributed by atoms with van der Waals surface area (Å²) in [6.07, 6.45) is 5.47. The predicted octanol–water partition coefficient (Wildman–Crippen LogP) is 1.40. The lowest BCUT2D eigenvalue weighted by atomic mass is 10.2. The minimum atomic E-state index is 0.751. The molecule has 15 heavy (non-hydrogen) atoms. The van der Waals surface area contributed by atoms with Crippen LogP contribution in [0.2, 0.25) is 0 Å². The van der Waals surface area contributed by atoms with Crippen LogP contribution < -0.4 is 5.32 Å². The van der Waals surface area contributed by atoms with Crippen molar-refractivity contribution < 1.29 is 0 Å². The molecule has 0 aliphatic carbocycles. The normalized spacial score (nSPS) is 10.5. The zero-order valence-corrected chi connectivity index (χ0v) is 8.70. The Bertz CT molecular complexity index is 391. The number of hydrogen-bond acceptors (Lipinski definition) is 3. The van der Waals surface area contributed by atoms with Crippen LogP contribution in [-0.2, 0) is 13.1 Å². The quantitative estimate of drug-likeness (QED) is 0.788. The summed E-state index contributed by atoms with van der Waals surface area (Å²) in [5.74, 6) is 0.954. The molecule has 0 aromatic carbocycles. The van der Waals surface area contributed by atoms with Gasteiger partial charge in [-0.15, -0.1) is 0 Å². The molecule has 0 saturated carbocycles. The van der Waals surface area contributed by atoms with Crippen LogP contribution in [0.15, 0.2) is 30.7 Å². The van der Waals surface area contributed by atoms with Crippen LogP contribution in [0, 0.1) is 6.92 Å². The van der Waals surface area contributed by atoms with E-state index in [9.17, 15) is 0 Å². The Morgan fingerprint density at radius 3 is 2.87 bits per heavy atom. The first kappa shape index (κ1) is 9.86. The third kappa shape index (κ3) is 2.89. The van der Waals surface area contributed by atoms with Gasteiger partial charge in [-0.2, -0.15) is 0 Å². The highest BCUT2D eigenvalue weighted by Gasteiger charge is 1.95. The Morgan fingerprint density at radius 1 is 1.27 bits per heavy atom. The Morgan fingerprint density at radius 2 is 2.20 bits per heavy atom. The lowest BCUT2D eigenvalue weighted by molar-refractivity contribution is 0.667. The summed E-state index contributed by atoms with van der Waals surface area (Å²) < 4.78 is 0. The maximum Gasteiger partial charge on any atom is 0.120 e. The van der Waals surface area contributed by atoms with E-state index < -0.39 is 0 Å². The minimum absolute atomic E-state index is 0.751. The average Bonchev–Trinajstić information content (AvgIpc) is 2.74. The van der Waals surface area contributed by atoms with Crippen molar-refractivity contribution in [3.63, 3.8) is 0 Å². The number of aromatic nitrogens is 3. The molecule has 0 fully saturated rings. The molecule has 0 amide bonds. The van der Waals surface area contributed by atoms with Crippen LogP contribution in [0.5, 0.6) is 0 Å². The molecule has 78 valence electrons. The molecular weight excluding hydrogens is 188 g/mol. The van der Waals surface area contributed by atoms with Crippen LogP contribution in [-0.4, -0.2) is 15.0 Å². The highest BCUT2D eigenvalue weighted by molar-refractivity contribution is 5.12. The molecule has 2 N–H and O–H groups in total. The number of aromatic amines is 1. The summed E-state index contributed by atoms with van der Waals surface area (Å²) >= 11 is 0. The van der Waals surface area contributed by atoms with Gasteiger partial charge in [0, 0.05) is 30.8 Å². The van der Waals surface area contributed by atoms with Crippen LogP contribution in [0.1, 0.15) is 17.1 Å². The molecule has 0 radical (unpaired) electrons. The van der Waals surface area contributed by atoms with Crippen molar-refractivity contribution in [3.05, 3.63) is 47.8 Å². The fourth-order valence-electron chi connectivity index (χ4n) is 1.32. The lowest BCUT2D eigenvalue weighted by Gasteiger charge is -2.02. The van der Waals surface area contributed by atoms with Gasteiger partial charge in [-0.1, -0.05) is 6.07 Å². The number of imidazole rings is 1. The van der Waals surface area contributed by atoms with Crippen LogP contribution in [0.25, 0.3) is 0 Å². The molecule has 2 rings (SSSR count). The average molecular weight is 202 g/mol. The molecule has 4 heteroatoms. The van der Waals surface area contributed by atoms with Gasteiger partial charge in [0.25, 0.3) is 0 Å². The van der Waals surface area contributed by atoms with Gasteiger partial charge >= 0.3 is 0 Å². The Hall–Kier alpha value is -1.68. The summed E-state index contributed by atoms with van der Waals surface area (Å²) in [4.78, 5) is 11.4. The minimum Gasteiger partial charge on any atom is -0.348 e. The first-order chi connectivity index (χ1) is 7.34. The van der Waals surface area contributed by atoms with E-state index in [0.29, 0.717) is 0 Å². The van der Waals surface area contributed by atoms with E-state index in [1.165, 1.54) is 5.56 Å². The monoisotopic (exact) mass is 202 g/mol. The molecule has 0 bridgehead atoms. The van der Waals surface area contributed by atoms with Crippen molar-refractivity contribution >= 4 is 0 Å². The van der Waals surface area contributed by atoms with Gasteiger partial charge in [-0.3, -0.25) is 4.98 Å². The van der Waals surface area contributed by atoms with Crippen molar-refractivity contribution in [2.24, 2.45) is 0 Å². The topological polar surface area (TPSA) is 53.6 Å².